The Morgan fingerprint density at radius 3 is 1.78 bits per heavy atom. The van der Waals surface area contributed by atoms with E-state index in [0.717, 1.165) is 13.0 Å². The minimum Gasteiger partial charge on any atom is -0.452 e. The Bertz CT molecular complexity index is 1020. The molecule has 1 N–H and O–H groups in total. The molecular weight excluding hydrogens is 633 g/mol. The van der Waals surface area contributed by atoms with Gasteiger partial charge in [0.1, 0.15) is 24.7 Å². The van der Waals surface area contributed by atoms with Crippen molar-refractivity contribution in [1.82, 2.24) is 20.2 Å². The number of oxazole rings is 1. The molecule has 16 heteroatoms. The predicted molar refractivity (Wildman–Crippen MR) is 192 cm³/mol. The first kappa shape index (κ1) is 48.4. The number of aromatic nitrogens is 4. The van der Waals surface area contributed by atoms with E-state index in [1.807, 2.05) is 37.0 Å². The van der Waals surface area contributed by atoms with E-state index in [-0.39, 0.29) is 17.5 Å². The smallest absolute Gasteiger partial charge is 0.269 e. The molecule has 2 aromatic rings. The summed E-state index contributed by atoms with van der Waals surface area (Å²) in [6.07, 6.45) is 36.0. The fraction of sp³-hybridized carbons (Fsp3) is 0.333. The first-order valence-corrected chi connectivity index (χ1v) is 16.6. The third kappa shape index (κ3) is 67.3. The van der Waals surface area contributed by atoms with E-state index in [9.17, 15) is 18.6 Å². The molecule has 14 nitrogen and oxygen atoms in total. The van der Waals surface area contributed by atoms with E-state index >= 15 is 0 Å². The van der Waals surface area contributed by atoms with Crippen LogP contribution in [0.4, 0.5) is 0 Å². The average Bonchev–Trinajstić information content (AvgIpc) is 3.85. The van der Waals surface area contributed by atoms with Crippen LogP contribution < -0.4 is 0 Å². The van der Waals surface area contributed by atoms with Gasteiger partial charge in [-0.15, -0.1) is 0 Å². The molecule has 0 atom stereocenters. The van der Waals surface area contributed by atoms with Gasteiger partial charge in [0, 0.05) is 87.1 Å². The van der Waals surface area contributed by atoms with E-state index in [4.69, 9.17) is 0 Å². The molecule has 6 heterocycles. The van der Waals surface area contributed by atoms with Gasteiger partial charge in [-0.25, -0.2) is 15.0 Å². The number of aromatic amines is 1. The SMILES string of the molecule is C1=CCN=C1.C1=CN=CC1.CC(C)=O.COC.CS(C)=O.CSC.O=C1C=CC=N1.O=C1C=CN=C1.c1cocn1.c1nc[nH]n1. The van der Waals surface area contributed by atoms with Crippen LogP contribution >= 0.6 is 11.8 Å². The summed E-state index contributed by atoms with van der Waals surface area (Å²) in [7, 11) is 2.64. The lowest BCUT2D eigenvalue weighted by molar-refractivity contribution is -0.115. The number of thioether (sulfide) groups is 1. The normalized spacial score (nSPS) is 12.1. The molecular formula is C30H46N8O6S2. The van der Waals surface area contributed by atoms with Crippen LogP contribution in [0.2, 0.25) is 0 Å². The Morgan fingerprint density at radius 1 is 1.00 bits per heavy atom. The summed E-state index contributed by atoms with van der Waals surface area (Å²) >= 11 is 1.75. The average molecular weight is 679 g/mol. The number of ether oxygens (including phenoxy) is 1. The van der Waals surface area contributed by atoms with Crippen molar-refractivity contribution in [3.05, 3.63) is 80.4 Å². The third-order valence-electron chi connectivity index (χ3n) is 2.81. The maximum atomic E-state index is 10.0. The molecule has 0 radical (unpaired) electrons. The number of Topliss-reactive ketones (excluding diaryl/α,β-unsaturated/α-hetero) is 1. The number of ketones is 2. The zero-order valence-electron chi connectivity index (χ0n) is 27.6. The highest BCUT2D eigenvalue weighted by Gasteiger charge is 1.90. The second-order valence-corrected chi connectivity index (χ2v) is 9.96. The molecule has 1 amide bonds. The van der Waals surface area contributed by atoms with Gasteiger partial charge in [0.15, 0.2) is 12.2 Å². The lowest BCUT2D eigenvalue weighted by atomic mass is 10.5. The highest BCUT2D eigenvalue weighted by atomic mass is 32.2. The molecule has 0 saturated heterocycles. The predicted octanol–water partition coefficient (Wildman–Crippen LogP) is 4.22. The number of aliphatic imine (C=N–C) groups is 4. The number of H-pyrrole nitrogens is 1. The van der Waals surface area contributed by atoms with Gasteiger partial charge < -0.3 is 13.9 Å². The molecule has 0 spiro atoms. The van der Waals surface area contributed by atoms with Crippen LogP contribution in [0.15, 0.2) is 105 Å². The van der Waals surface area contributed by atoms with Crippen LogP contribution in [-0.4, -0.2) is 112 Å². The zero-order chi connectivity index (χ0) is 35.5. The van der Waals surface area contributed by atoms with Crippen molar-refractivity contribution in [3.63, 3.8) is 0 Å². The number of amides is 1. The van der Waals surface area contributed by atoms with Gasteiger partial charge in [-0.1, -0.05) is 12.2 Å². The molecule has 0 aromatic carbocycles. The largest absolute Gasteiger partial charge is 0.452 e. The van der Waals surface area contributed by atoms with E-state index < -0.39 is 10.8 Å². The summed E-state index contributed by atoms with van der Waals surface area (Å²) in [6, 6.07) is 0. The number of nitrogens with one attached hydrogen (secondary N) is 1. The van der Waals surface area contributed by atoms with Crippen LogP contribution in [0.5, 0.6) is 0 Å². The Kier molecular flexibility index (Phi) is 47.2. The van der Waals surface area contributed by atoms with Crippen LogP contribution in [0.1, 0.15) is 20.3 Å². The Hall–Kier alpha value is -4.54. The number of carbonyl (C=O) groups is 3. The number of allylic oxidation sites excluding steroid dienone is 4. The highest BCUT2D eigenvalue weighted by Crippen LogP contribution is 1.86. The lowest BCUT2D eigenvalue weighted by Crippen LogP contribution is -1.84. The molecule has 0 aliphatic carbocycles. The lowest BCUT2D eigenvalue weighted by Gasteiger charge is -1.62. The molecule has 0 bridgehead atoms. The quantitative estimate of drug-likeness (QED) is 0.421. The first-order chi connectivity index (χ1) is 22.1. The molecule has 4 aliphatic heterocycles. The number of rotatable bonds is 0. The van der Waals surface area contributed by atoms with Crippen molar-refractivity contribution in [2.75, 3.05) is 45.8 Å². The summed E-state index contributed by atoms with van der Waals surface area (Å²) in [5.74, 6) is -0.00926. The second kappa shape index (κ2) is 44.9. The summed E-state index contributed by atoms with van der Waals surface area (Å²) < 4.78 is 18.3. The van der Waals surface area contributed by atoms with Crippen molar-refractivity contribution >= 4 is 64.9 Å². The highest BCUT2D eigenvalue weighted by molar-refractivity contribution is 7.97. The molecule has 0 fully saturated rings. The molecule has 46 heavy (non-hydrogen) atoms. The minimum absolute atomic E-state index is 0.0185. The van der Waals surface area contributed by atoms with Gasteiger partial charge in [-0.05, 0) is 38.5 Å². The van der Waals surface area contributed by atoms with Gasteiger partial charge in [0.05, 0.1) is 19.0 Å². The molecule has 6 rings (SSSR count). The Labute approximate surface area is 278 Å². The Morgan fingerprint density at radius 2 is 1.65 bits per heavy atom. The maximum absolute atomic E-state index is 10.0. The van der Waals surface area contributed by atoms with Gasteiger partial charge >= 0.3 is 0 Å². The van der Waals surface area contributed by atoms with E-state index in [1.165, 1.54) is 69.9 Å². The number of hydrogen-bond donors (Lipinski definition) is 1. The minimum atomic E-state index is -0.611. The fourth-order valence-corrected chi connectivity index (χ4v) is 1.51. The number of hydrogen-bond acceptors (Lipinski definition) is 13. The summed E-state index contributed by atoms with van der Waals surface area (Å²) in [5, 5.41) is 5.99. The first-order valence-electron chi connectivity index (χ1n) is 13.0. The molecule has 4 aliphatic rings. The number of carbonyl (C=O) groups excluding carboxylic acids is 3. The third-order valence-corrected chi connectivity index (χ3v) is 2.81. The molecule has 2 aromatic heterocycles. The zero-order valence-corrected chi connectivity index (χ0v) is 29.3. The van der Waals surface area contributed by atoms with Crippen molar-refractivity contribution in [2.24, 2.45) is 20.0 Å². The maximum Gasteiger partial charge on any atom is 0.269 e. The van der Waals surface area contributed by atoms with Crippen molar-refractivity contribution in [1.29, 1.82) is 0 Å². The molecule has 254 valence electrons. The monoisotopic (exact) mass is 678 g/mol. The summed E-state index contributed by atoms with van der Waals surface area (Å²) in [5.41, 5.74) is 0. The van der Waals surface area contributed by atoms with Gasteiger partial charge in [0.2, 0.25) is 0 Å². The van der Waals surface area contributed by atoms with E-state index in [0.29, 0.717) is 0 Å². The van der Waals surface area contributed by atoms with Crippen LogP contribution in [0, 0.1) is 0 Å². The summed E-state index contributed by atoms with van der Waals surface area (Å²) in [4.78, 5) is 51.0. The molecule has 0 unspecified atom stereocenters. The van der Waals surface area contributed by atoms with Crippen LogP contribution in [0.3, 0.4) is 0 Å². The van der Waals surface area contributed by atoms with Crippen LogP contribution in [0.25, 0.3) is 0 Å². The van der Waals surface area contributed by atoms with E-state index in [2.05, 4.69) is 49.3 Å². The second-order valence-electron chi connectivity index (χ2n) is 7.66. The number of methoxy groups -OCH3 is 1. The van der Waals surface area contributed by atoms with Gasteiger partial charge in [-0.3, -0.25) is 33.9 Å². The molecule has 0 saturated carbocycles. The van der Waals surface area contributed by atoms with Crippen molar-refractivity contribution < 1.29 is 27.7 Å². The van der Waals surface area contributed by atoms with Crippen molar-refractivity contribution in [2.45, 2.75) is 20.3 Å². The van der Waals surface area contributed by atoms with Gasteiger partial charge in [-0.2, -0.15) is 16.9 Å². The van der Waals surface area contributed by atoms with E-state index in [1.54, 1.807) is 63.2 Å². The number of nitrogens with zero attached hydrogens (tertiary/aromatic N) is 7. The van der Waals surface area contributed by atoms with Gasteiger partial charge in [0.25, 0.3) is 5.91 Å². The summed E-state index contributed by atoms with van der Waals surface area (Å²) in [6.45, 7) is 3.94. The standard InChI is InChI=1S/2C4H3NO.2C4H5N.C3H3NO.C3H6O.C2H3N3.C2H6OS.C2H6O.C2H6S/c6-4-1-2-5-3-4;6-4-2-1-3-5-4;2*1-2-4-5-3-1;1-2-5-3-4-1;1-3(2)4;1-3-2-5-4-1;1-4(2)3;2*1-3-2/h2*1-3H;1,3-4H,2H2;1-3H,4H2;1-3H;1-2H3;1-2H,(H,3,4,5);1-2H3;2*1-2H3. The topological polar surface area (TPSA) is 195 Å². The van der Waals surface area contributed by atoms with Crippen LogP contribution in [-0.2, 0) is 29.9 Å². The van der Waals surface area contributed by atoms with Crippen molar-refractivity contribution in [3.8, 4) is 0 Å². The Balaban J connectivity index is -0.000000215. The fourth-order valence-electron chi connectivity index (χ4n) is 1.51.